The number of likely N-dealkylation sites (N-methyl/N-ethyl adjacent to an activating group) is 1. The second-order valence-electron chi connectivity index (χ2n) is 6.56. The van der Waals surface area contributed by atoms with Crippen molar-refractivity contribution in [3.63, 3.8) is 0 Å². The van der Waals surface area contributed by atoms with E-state index in [2.05, 4.69) is 13.8 Å². The van der Waals surface area contributed by atoms with Crippen LogP contribution in [0.5, 0.6) is 0 Å². The third-order valence-electron chi connectivity index (χ3n) is 4.35. The van der Waals surface area contributed by atoms with Crippen LogP contribution in [-0.2, 0) is 9.59 Å². The van der Waals surface area contributed by atoms with Gasteiger partial charge in [0.25, 0.3) is 0 Å². The molecule has 0 aromatic heterocycles. The molecule has 2 aromatic rings. The van der Waals surface area contributed by atoms with Gasteiger partial charge in [0.15, 0.2) is 0 Å². The Bertz CT molecular complexity index is 754. The number of benzene rings is 2. The zero-order chi connectivity index (χ0) is 18.6. The molecular weight excluding hydrogens is 312 g/mol. The van der Waals surface area contributed by atoms with Crippen molar-refractivity contribution < 1.29 is 9.59 Å². The second kappa shape index (κ2) is 7.97. The van der Waals surface area contributed by atoms with Gasteiger partial charge in [0.1, 0.15) is 6.54 Å². The Morgan fingerprint density at radius 2 is 1.64 bits per heavy atom. The number of rotatable bonds is 5. The SMILES string of the molecule is CC(=O)N(CC(=O)N(C)c1ccccc1)c1c(C)cccc1C(C)C. The summed E-state index contributed by atoms with van der Waals surface area (Å²) in [6.45, 7) is 7.68. The highest BCUT2D eigenvalue weighted by Crippen LogP contribution is 2.31. The van der Waals surface area contributed by atoms with Crippen LogP contribution in [0.15, 0.2) is 48.5 Å². The van der Waals surface area contributed by atoms with Crippen LogP contribution in [0.25, 0.3) is 0 Å². The molecule has 0 heterocycles. The molecule has 0 fully saturated rings. The highest BCUT2D eigenvalue weighted by Gasteiger charge is 2.23. The summed E-state index contributed by atoms with van der Waals surface area (Å²) < 4.78 is 0. The molecule has 132 valence electrons. The molecule has 2 aromatic carbocycles. The summed E-state index contributed by atoms with van der Waals surface area (Å²) in [7, 11) is 1.73. The number of nitrogens with zero attached hydrogens (tertiary/aromatic N) is 2. The van der Waals surface area contributed by atoms with E-state index in [1.165, 1.54) is 6.92 Å². The fraction of sp³-hybridized carbons (Fsp3) is 0.333. The summed E-state index contributed by atoms with van der Waals surface area (Å²) in [6.07, 6.45) is 0. The molecule has 2 rings (SSSR count). The Balaban J connectivity index is 2.34. The third-order valence-corrected chi connectivity index (χ3v) is 4.35. The molecule has 0 radical (unpaired) electrons. The molecule has 4 nitrogen and oxygen atoms in total. The zero-order valence-corrected chi connectivity index (χ0v) is 15.6. The van der Waals surface area contributed by atoms with Gasteiger partial charge in [0.2, 0.25) is 11.8 Å². The van der Waals surface area contributed by atoms with E-state index in [-0.39, 0.29) is 24.3 Å². The van der Waals surface area contributed by atoms with E-state index in [0.717, 1.165) is 22.5 Å². The fourth-order valence-electron chi connectivity index (χ4n) is 2.90. The van der Waals surface area contributed by atoms with Crippen molar-refractivity contribution in [2.24, 2.45) is 0 Å². The maximum Gasteiger partial charge on any atom is 0.246 e. The average Bonchev–Trinajstić information content (AvgIpc) is 2.59. The van der Waals surface area contributed by atoms with Crippen molar-refractivity contribution in [2.75, 3.05) is 23.4 Å². The predicted molar refractivity (Wildman–Crippen MR) is 103 cm³/mol. The van der Waals surface area contributed by atoms with Crippen LogP contribution in [0.4, 0.5) is 11.4 Å². The van der Waals surface area contributed by atoms with E-state index in [4.69, 9.17) is 0 Å². The number of para-hydroxylation sites is 2. The van der Waals surface area contributed by atoms with E-state index in [9.17, 15) is 9.59 Å². The first-order valence-corrected chi connectivity index (χ1v) is 8.52. The summed E-state index contributed by atoms with van der Waals surface area (Å²) in [4.78, 5) is 28.3. The number of amides is 2. The molecule has 2 amide bonds. The van der Waals surface area contributed by atoms with Crippen LogP contribution in [0.3, 0.4) is 0 Å². The topological polar surface area (TPSA) is 40.6 Å². The van der Waals surface area contributed by atoms with Crippen molar-refractivity contribution in [3.05, 3.63) is 59.7 Å². The Morgan fingerprint density at radius 1 is 1.00 bits per heavy atom. The van der Waals surface area contributed by atoms with Gasteiger partial charge >= 0.3 is 0 Å². The number of anilines is 2. The largest absolute Gasteiger partial charge is 0.314 e. The van der Waals surface area contributed by atoms with Crippen LogP contribution in [0, 0.1) is 6.92 Å². The normalized spacial score (nSPS) is 10.6. The van der Waals surface area contributed by atoms with Crippen molar-refractivity contribution in [3.8, 4) is 0 Å². The minimum Gasteiger partial charge on any atom is -0.314 e. The Kier molecular flexibility index (Phi) is 5.97. The summed E-state index contributed by atoms with van der Waals surface area (Å²) in [5.74, 6) is 0.00377. The molecule has 0 saturated carbocycles. The second-order valence-corrected chi connectivity index (χ2v) is 6.56. The van der Waals surface area contributed by atoms with Crippen LogP contribution in [0.1, 0.15) is 37.8 Å². The Labute approximate surface area is 150 Å². The minimum atomic E-state index is -0.133. The lowest BCUT2D eigenvalue weighted by atomic mass is 9.97. The number of hydrogen-bond donors (Lipinski definition) is 0. The maximum atomic E-state index is 12.8. The Morgan fingerprint density at radius 3 is 2.20 bits per heavy atom. The average molecular weight is 338 g/mol. The van der Waals surface area contributed by atoms with Gasteiger partial charge in [0.05, 0.1) is 5.69 Å². The lowest BCUT2D eigenvalue weighted by molar-refractivity contribution is -0.121. The van der Waals surface area contributed by atoms with Crippen LogP contribution >= 0.6 is 0 Å². The van der Waals surface area contributed by atoms with Gasteiger partial charge in [0, 0.05) is 19.7 Å². The number of carbonyl (C=O) groups excluding carboxylic acids is 2. The maximum absolute atomic E-state index is 12.8. The molecule has 0 bridgehead atoms. The summed E-state index contributed by atoms with van der Waals surface area (Å²) in [5, 5.41) is 0. The molecule has 0 saturated heterocycles. The van der Waals surface area contributed by atoms with Crippen LogP contribution < -0.4 is 9.80 Å². The van der Waals surface area contributed by atoms with Gasteiger partial charge in [-0.05, 0) is 36.1 Å². The standard InChI is InChI=1S/C21H26N2O2/c1-15(2)19-13-9-10-16(3)21(19)23(17(4)24)14-20(25)22(5)18-11-7-6-8-12-18/h6-13,15H,14H2,1-5H3. The first-order chi connectivity index (χ1) is 11.8. The van der Waals surface area contributed by atoms with Crippen LogP contribution in [-0.4, -0.2) is 25.4 Å². The van der Waals surface area contributed by atoms with Gasteiger partial charge in [-0.2, -0.15) is 0 Å². The molecule has 0 N–H and O–H groups in total. The lowest BCUT2D eigenvalue weighted by Crippen LogP contribution is -2.41. The van der Waals surface area contributed by atoms with Crippen molar-refractivity contribution in [2.45, 2.75) is 33.6 Å². The van der Waals surface area contributed by atoms with Gasteiger partial charge < -0.3 is 9.80 Å². The van der Waals surface area contributed by atoms with Crippen molar-refractivity contribution >= 4 is 23.2 Å². The number of aryl methyl sites for hydroxylation is 1. The molecule has 0 aliphatic rings. The number of carbonyl (C=O) groups is 2. The zero-order valence-electron chi connectivity index (χ0n) is 15.6. The fourth-order valence-corrected chi connectivity index (χ4v) is 2.90. The summed E-state index contributed by atoms with van der Waals surface area (Å²) >= 11 is 0. The van der Waals surface area contributed by atoms with Crippen molar-refractivity contribution in [1.29, 1.82) is 0 Å². The van der Waals surface area contributed by atoms with Crippen molar-refractivity contribution in [1.82, 2.24) is 0 Å². The first kappa shape index (κ1) is 18.7. The molecule has 0 spiro atoms. The minimum absolute atomic E-state index is 0.0191. The molecule has 0 aliphatic heterocycles. The molecule has 0 unspecified atom stereocenters. The van der Waals surface area contributed by atoms with Gasteiger partial charge in [-0.1, -0.05) is 50.2 Å². The number of hydrogen-bond acceptors (Lipinski definition) is 2. The molecule has 0 atom stereocenters. The summed E-state index contributed by atoms with van der Waals surface area (Å²) in [6, 6.07) is 15.4. The smallest absolute Gasteiger partial charge is 0.246 e. The van der Waals surface area contributed by atoms with E-state index >= 15 is 0 Å². The van der Waals surface area contributed by atoms with Gasteiger partial charge in [-0.15, -0.1) is 0 Å². The highest BCUT2D eigenvalue weighted by molar-refractivity contribution is 6.03. The molecular formula is C21H26N2O2. The lowest BCUT2D eigenvalue weighted by Gasteiger charge is -2.28. The molecule has 25 heavy (non-hydrogen) atoms. The van der Waals surface area contributed by atoms with E-state index in [1.807, 2.05) is 55.5 Å². The predicted octanol–water partition coefficient (Wildman–Crippen LogP) is 4.13. The van der Waals surface area contributed by atoms with Crippen LogP contribution in [0.2, 0.25) is 0 Å². The van der Waals surface area contributed by atoms with Gasteiger partial charge in [-0.3, -0.25) is 9.59 Å². The first-order valence-electron chi connectivity index (χ1n) is 8.52. The van der Waals surface area contributed by atoms with E-state index in [0.29, 0.717) is 0 Å². The molecule has 4 heteroatoms. The van der Waals surface area contributed by atoms with Gasteiger partial charge in [-0.25, -0.2) is 0 Å². The summed E-state index contributed by atoms with van der Waals surface area (Å²) in [5.41, 5.74) is 3.73. The van der Waals surface area contributed by atoms with E-state index < -0.39 is 0 Å². The van der Waals surface area contributed by atoms with E-state index in [1.54, 1.807) is 16.8 Å². The monoisotopic (exact) mass is 338 g/mol. The Hall–Kier alpha value is -2.62. The molecule has 0 aliphatic carbocycles. The quantitative estimate of drug-likeness (QED) is 0.822. The third kappa shape index (κ3) is 4.27. The highest BCUT2D eigenvalue weighted by atomic mass is 16.2.